The Balaban J connectivity index is 2.26. The lowest BCUT2D eigenvalue weighted by Gasteiger charge is -2.23. The molecule has 30 heavy (non-hydrogen) atoms. The quantitative estimate of drug-likeness (QED) is 0.458. The molecule has 0 aliphatic rings. The highest BCUT2D eigenvalue weighted by atomic mass is 32.2. The Kier molecular flexibility index (Phi) is 7.56. The van der Waals surface area contributed by atoms with E-state index in [-0.39, 0.29) is 18.5 Å². The first kappa shape index (κ1) is 23.8. The molecular weight excluding hydrogens is 432 g/mol. The number of methoxy groups -OCH3 is 1. The number of carbonyl (C=O) groups is 2. The number of nitrogens with zero attached hydrogens (tertiary/aromatic N) is 1. The van der Waals surface area contributed by atoms with Gasteiger partial charge in [0.1, 0.15) is 16.5 Å². The van der Waals surface area contributed by atoms with Gasteiger partial charge in [-0.1, -0.05) is 12.1 Å². The van der Waals surface area contributed by atoms with E-state index >= 15 is 0 Å². The Morgan fingerprint density at radius 3 is 2.40 bits per heavy atom. The second-order valence-electron chi connectivity index (χ2n) is 7.49. The van der Waals surface area contributed by atoms with Gasteiger partial charge in [-0.3, -0.25) is 18.9 Å². The summed E-state index contributed by atoms with van der Waals surface area (Å²) in [5.74, 6) is -1.59. The van der Waals surface area contributed by atoms with E-state index in [0.29, 0.717) is 10.7 Å². The standard InChI is InChI=1S/C19H24N2O7S2/c1-19(2,3)28-18(23)15(17-20-14(11-29-17)10-16(22)27-4)9-12-5-7-13(8-6-12)21-30(24,25)26/h5-8,11,15,21H,9-10H2,1-4H3,(H,24,25,26)/t15-/m1/s1. The van der Waals surface area contributed by atoms with Crippen molar-refractivity contribution in [3.63, 3.8) is 0 Å². The average molecular weight is 457 g/mol. The molecule has 0 radical (unpaired) electrons. The minimum atomic E-state index is -4.37. The van der Waals surface area contributed by atoms with E-state index in [1.807, 2.05) is 4.72 Å². The minimum Gasteiger partial charge on any atom is -0.469 e. The summed E-state index contributed by atoms with van der Waals surface area (Å²) < 4.78 is 42.8. The lowest BCUT2D eigenvalue weighted by Crippen LogP contribution is -2.28. The highest BCUT2D eigenvalue weighted by molar-refractivity contribution is 7.87. The molecule has 1 aromatic carbocycles. The molecule has 0 spiro atoms. The minimum absolute atomic E-state index is 0.00401. The van der Waals surface area contributed by atoms with Gasteiger partial charge in [0.25, 0.3) is 0 Å². The summed E-state index contributed by atoms with van der Waals surface area (Å²) in [6.45, 7) is 5.30. The van der Waals surface area contributed by atoms with Crippen molar-refractivity contribution in [1.29, 1.82) is 0 Å². The summed E-state index contributed by atoms with van der Waals surface area (Å²) in [6, 6.07) is 6.21. The van der Waals surface area contributed by atoms with Gasteiger partial charge < -0.3 is 9.47 Å². The van der Waals surface area contributed by atoms with Crippen molar-refractivity contribution in [2.24, 2.45) is 0 Å². The fourth-order valence-electron chi connectivity index (χ4n) is 2.52. The van der Waals surface area contributed by atoms with Crippen molar-refractivity contribution in [3.8, 4) is 0 Å². The predicted octanol–water partition coefficient (Wildman–Crippen LogP) is 2.74. The Labute approximate surface area is 179 Å². The number of anilines is 1. The molecule has 0 saturated heterocycles. The van der Waals surface area contributed by atoms with E-state index in [1.165, 1.54) is 30.6 Å². The van der Waals surface area contributed by atoms with Crippen molar-refractivity contribution < 1.29 is 32.0 Å². The maximum Gasteiger partial charge on any atom is 0.357 e. The maximum absolute atomic E-state index is 12.8. The topological polar surface area (TPSA) is 132 Å². The third kappa shape index (κ3) is 7.73. The molecule has 0 unspecified atom stereocenters. The van der Waals surface area contributed by atoms with Gasteiger partial charge >= 0.3 is 22.2 Å². The molecule has 9 nitrogen and oxygen atoms in total. The number of ether oxygens (including phenoxy) is 2. The molecule has 1 aromatic heterocycles. The Morgan fingerprint density at radius 2 is 1.87 bits per heavy atom. The number of hydrogen-bond donors (Lipinski definition) is 2. The third-order valence-electron chi connectivity index (χ3n) is 3.75. The highest BCUT2D eigenvalue weighted by Crippen LogP contribution is 2.28. The lowest BCUT2D eigenvalue weighted by molar-refractivity contribution is -0.156. The molecular formula is C19H24N2O7S2. The smallest absolute Gasteiger partial charge is 0.357 e. The van der Waals surface area contributed by atoms with E-state index < -0.39 is 33.8 Å². The average Bonchev–Trinajstić information content (AvgIpc) is 3.06. The number of thiazole rings is 1. The summed E-state index contributed by atoms with van der Waals surface area (Å²) in [5.41, 5.74) is 0.731. The van der Waals surface area contributed by atoms with Crippen LogP contribution in [0.4, 0.5) is 5.69 Å². The first-order chi connectivity index (χ1) is 13.9. The number of benzene rings is 1. The molecule has 2 N–H and O–H groups in total. The normalized spacial score (nSPS) is 12.8. The van der Waals surface area contributed by atoms with Crippen LogP contribution in [0.25, 0.3) is 0 Å². The summed E-state index contributed by atoms with van der Waals surface area (Å²) >= 11 is 1.25. The number of rotatable bonds is 8. The first-order valence-corrected chi connectivity index (χ1v) is 11.3. The zero-order chi connectivity index (χ0) is 22.5. The van der Waals surface area contributed by atoms with Crippen LogP contribution in [0.2, 0.25) is 0 Å². The Hall–Kier alpha value is -2.50. The zero-order valence-corrected chi connectivity index (χ0v) is 18.7. The number of esters is 2. The van der Waals surface area contributed by atoms with E-state index in [4.69, 9.17) is 9.29 Å². The second-order valence-corrected chi connectivity index (χ2v) is 9.54. The molecule has 0 amide bonds. The molecule has 2 aromatic rings. The van der Waals surface area contributed by atoms with Gasteiger partial charge in [0.05, 0.1) is 24.9 Å². The van der Waals surface area contributed by atoms with Crippen molar-refractivity contribution in [2.45, 2.75) is 45.1 Å². The second kappa shape index (κ2) is 9.54. The highest BCUT2D eigenvalue weighted by Gasteiger charge is 2.29. The molecule has 1 heterocycles. The fraction of sp³-hybridized carbons (Fsp3) is 0.421. The van der Waals surface area contributed by atoms with Crippen molar-refractivity contribution in [2.75, 3.05) is 11.8 Å². The van der Waals surface area contributed by atoms with Crippen LogP contribution in [0, 0.1) is 0 Å². The van der Waals surface area contributed by atoms with E-state index in [1.54, 1.807) is 38.3 Å². The third-order valence-corrected chi connectivity index (χ3v) is 5.25. The molecule has 1 atom stereocenters. The molecule has 164 valence electrons. The molecule has 0 saturated carbocycles. The summed E-state index contributed by atoms with van der Waals surface area (Å²) in [7, 11) is -3.08. The molecule has 0 bridgehead atoms. The van der Waals surface area contributed by atoms with Crippen LogP contribution in [-0.2, 0) is 42.2 Å². The molecule has 11 heteroatoms. The van der Waals surface area contributed by atoms with E-state index in [9.17, 15) is 18.0 Å². The fourth-order valence-corrected chi connectivity index (χ4v) is 3.86. The molecule has 0 aliphatic heterocycles. The van der Waals surface area contributed by atoms with Crippen LogP contribution in [0.5, 0.6) is 0 Å². The Morgan fingerprint density at radius 1 is 1.23 bits per heavy atom. The van der Waals surface area contributed by atoms with Gasteiger partial charge in [0.15, 0.2) is 0 Å². The zero-order valence-electron chi connectivity index (χ0n) is 17.0. The number of nitrogens with one attached hydrogen (secondary N) is 1. The van der Waals surface area contributed by atoms with Crippen LogP contribution in [0.15, 0.2) is 29.6 Å². The van der Waals surface area contributed by atoms with Gasteiger partial charge in [-0.05, 0) is 44.9 Å². The van der Waals surface area contributed by atoms with Gasteiger partial charge in [0.2, 0.25) is 0 Å². The number of aromatic nitrogens is 1. The van der Waals surface area contributed by atoms with Gasteiger partial charge in [-0.25, -0.2) is 4.98 Å². The van der Waals surface area contributed by atoms with Crippen LogP contribution in [0.1, 0.15) is 43.0 Å². The molecule has 0 fully saturated rings. The first-order valence-electron chi connectivity index (χ1n) is 8.94. The van der Waals surface area contributed by atoms with E-state index in [2.05, 4.69) is 9.72 Å². The van der Waals surface area contributed by atoms with Crippen molar-refractivity contribution >= 4 is 39.3 Å². The monoisotopic (exact) mass is 456 g/mol. The van der Waals surface area contributed by atoms with E-state index in [0.717, 1.165) is 5.56 Å². The van der Waals surface area contributed by atoms with Gasteiger partial charge in [0, 0.05) is 5.38 Å². The predicted molar refractivity (Wildman–Crippen MR) is 112 cm³/mol. The molecule has 0 aliphatic carbocycles. The van der Waals surface area contributed by atoms with Crippen LogP contribution in [0.3, 0.4) is 0 Å². The summed E-state index contributed by atoms with van der Waals surface area (Å²) in [5, 5.41) is 2.20. The van der Waals surface area contributed by atoms with Crippen molar-refractivity contribution in [1.82, 2.24) is 4.98 Å². The summed E-state index contributed by atoms with van der Waals surface area (Å²) in [4.78, 5) is 28.7. The number of hydrogen-bond acceptors (Lipinski definition) is 8. The van der Waals surface area contributed by atoms with Crippen LogP contribution < -0.4 is 4.72 Å². The Bertz CT molecular complexity index is 993. The maximum atomic E-state index is 12.8. The van der Waals surface area contributed by atoms with Crippen LogP contribution in [-0.4, -0.2) is 42.6 Å². The molecule has 2 rings (SSSR count). The number of carbonyl (C=O) groups excluding carboxylic acids is 2. The SMILES string of the molecule is COC(=O)Cc1csc([C@@H](Cc2ccc(NS(=O)(=O)O)cc2)C(=O)OC(C)(C)C)n1. The lowest BCUT2D eigenvalue weighted by atomic mass is 9.99. The van der Waals surface area contributed by atoms with Crippen LogP contribution >= 0.6 is 11.3 Å². The summed E-state index contributed by atoms with van der Waals surface area (Å²) in [6.07, 6.45) is 0.260. The van der Waals surface area contributed by atoms with Crippen molar-refractivity contribution in [3.05, 3.63) is 45.9 Å². The van der Waals surface area contributed by atoms with Gasteiger partial charge in [-0.2, -0.15) is 8.42 Å². The largest absolute Gasteiger partial charge is 0.469 e. The van der Waals surface area contributed by atoms with Gasteiger partial charge in [-0.15, -0.1) is 11.3 Å².